The molecule has 2 N–H and O–H groups in total. The highest BCUT2D eigenvalue weighted by Gasteiger charge is 2.40. The molecule has 0 spiro atoms. The molecular weight excluding hydrogens is 485 g/mol. The van der Waals surface area contributed by atoms with Crippen LogP contribution in [0.2, 0.25) is 0 Å². The molecule has 5 rings (SSSR count). The van der Waals surface area contributed by atoms with Crippen LogP contribution < -0.4 is 10.6 Å². The van der Waals surface area contributed by atoms with Crippen molar-refractivity contribution in [2.24, 2.45) is 0 Å². The Morgan fingerprint density at radius 1 is 1.03 bits per heavy atom. The Bertz CT molecular complexity index is 1350. The smallest absolute Gasteiger partial charge is 0.227 e. The first kappa shape index (κ1) is 24.1. The molecule has 0 atom stereocenters. The fraction of sp³-hybridized carbons (Fsp3) is 0.320. The minimum atomic E-state index is -3.71. The van der Waals surface area contributed by atoms with Crippen LogP contribution in [0.5, 0.6) is 0 Å². The molecule has 2 aliphatic heterocycles. The Morgan fingerprint density at radius 2 is 1.69 bits per heavy atom. The van der Waals surface area contributed by atoms with Crippen molar-refractivity contribution in [2.45, 2.75) is 16.6 Å². The van der Waals surface area contributed by atoms with Crippen molar-refractivity contribution in [3.8, 4) is 11.1 Å². The highest BCUT2D eigenvalue weighted by molar-refractivity contribution is 7.92. The first-order chi connectivity index (χ1) is 17.3. The van der Waals surface area contributed by atoms with Crippen molar-refractivity contribution >= 4 is 27.4 Å². The lowest BCUT2D eigenvalue weighted by molar-refractivity contribution is -0.133. The number of rotatable bonds is 6. The maximum atomic E-state index is 13.6. The van der Waals surface area contributed by atoms with Crippen molar-refractivity contribution in [1.82, 2.24) is 14.9 Å². The molecule has 11 heteroatoms. The van der Waals surface area contributed by atoms with Gasteiger partial charge in [0.25, 0.3) is 0 Å². The molecule has 3 heterocycles. The SMILES string of the molecule is Nc1ncc(-c2cc(N3CCOCC3)cc(S(=O)(=O)C3CN(C(=O)Cc4ccc(F)cc4)C3)c2)cn1. The second kappa shape index (κ2) is 9.82. The van der Waals surface area contributed by atoms with E-state index in [1.54, 1.807) is 36.7 Å². The number of carbonyl (C=O) groups is 1. The lowest BCUT2D eigenvalue weighted by atomic mass is 10.1. The Hall–Kier alpha value is -3.57. The van der Waals surface area contributed by atoms with Gasteiger partial charge in [-0.25, -0.2) is 22.8 Å². The molecule has 36 heavy (non-hydrogen) atoms. The number of anilines is 2. The van der Waals surface area contributed by atoms with E-state index in [1.165, 1.54) is 17.0 Å². The summed E-state index contributed by atoms with van der Waals surface area (Å²) in [5, 5.41) is -0.704. The number of aromatic nitrogens is 2. The Morgan fingerprint density at radius 3 is 2.36 bits per heavy atom. The van der Waals surface area contributed by atoms with Crippen LogP contribution in [0.1, 0.15) is 5.56 Å². The van der Waals surface area contributed by atoms with Gasteiger partial charge in [-0.15, -0.1) is 0 Å². The van der Waals surface area contributed by atoms with Crippen LogP contribution in [-0.2, 0) is 25.8 Å². The number of halogens is 1. The molecule has 0 unspecified atom stereocenters. The lowest BCUT2D eigenvalue weighted by Gasteiger charge is -2.39. The maximum Gasteiger partial charge on any atom is 0.227 e. The molecule has 0 radical (unpaired) electrons. The van der Waals surface area contributed by atoms with Crippen LogP contribution in [0.3, 0.4) is 0 Å². The molecule has 1 amide bonds. The molecule has 2 aliphatic rings. The van der Waals surface area contributed by atoms with Crippen molar-refractivity contribution < 1.29 is 22.3 Å². The van der Waals surface area contributed by atoms with Gasteiger partial charge in [0.05, 0.1) is 24.5 Å². The van der Waals surface area contributed by atoms with E-state index in [4.69, 9.17) is 10.5 Å². The molecule has 1 aromatic heterocycles. The highest BCUT2D eigenvalue weighted by Crippen LogP contribution is 2.32. The molecule has 2 aromatic carbocycles. The van der Waals surface area contributed by atoms with E-state index in [-0.39, 0.29) is 42.1 Å². The number of nitrogens with two attached hydrogens (primary N) is 1. The molecule has 188 valence electrons. The van der Waals surface area contributed by atoms with Crippen LogP contribution in [0.25, 0.3) is 11.1 Å². The van der Waals surface area contributed by atoms with E-state index in [1.807, 2.05) is 6.07 Å². The third kappa shape index (κ3) is 5.02. The zero-order valence-electron chi connectivity index (χ0n) is 19.5. The average Bonchev–Trinajstić information content (AvgIpc) is 2.85. The number of sulfone groups is 1. The van der Waals surface area contributed by atoms with Gasteiger partial charge in [0, 0.05) is 49.8 Å². The third-order valence-corrected chi connectivity index (χ3v) is 8.58. The predicted molar refractivity (Wildman–Crippen MR) is 133 cm³/mol. The Balaban J connectivity index is 1.37. The van der Waals surface area contributed by atoms with Gasteiger partial charge in [-0.2, -0.15) is 0 Å². The summed E-state index contributed by atoms with van der Waals surface area (Å²) in [7, 11) is -3.71. The van der Waals surface area contributed by atoms with Crippen molar-refractivity contribution in [3.05, 3.63) is 66.2 Å². The van der Waals surface area contributed by atoms with Gasteiger partial charge in [-0.1, -0.05) is 12.1 Å². The summed E-state index contributed by atoms with van der Waals surface area (Å²) in [6.45, 7) is 2.65. The number of amides is 1. The third-order valence-electron chi connectivity index (χ3n) is 6.51. The van der Waals surface area contributed by atoms with Gasteiger partial charge in [0.1, 0.15) is 11.1 Å². The van der Waals surface area contributed by atoms with Crippen LogP contribution in [-0.4, -0.2) is 73.8 Å². The normalized spacial score (nSPS) is 16.6. The quantitative estimate of drug-likeness (QED) is 0.533. The van der Waals surface area contributed by atoms with E-state index in [0.29, 0.717) is 43.0 Å². The minimum Gasteiger partial charge on any atom is -0.378 e. The number of likely N-dealkylation sites (tertiary alicyclic amines) is 1. The number of ether oxygens (including phenoxy) is 1. The van der Waals surface area contributed by atoms with Gasteiger partial charge in [0.15, 0.2) is 9.84 Å². The van der Waals surface area contributed by atoms with Crippen LogP contribution in [0, 0.1) is 5.82 Å². The maximum absolute atomic E-state index is 13.6. The topological polar surface area (TPSA) is 119 Å². The van der Waals surface area contributed by atoms with Crippen LogP contribution in [0.4, 0.5) is 16.0 Å². The second-order valence-corrected chi connectivity index (χ2v) is 11.1. The summed E-state index contributed by atoms with van der Waals surface area (Å²) >= 11 is 0. The number of hydrogen-bond acceptors (Lipinski definition) is 8. The summed E-state index contributed by atoms with van der Waals surface area (Å²) < 4.78 is 45.7. The van der Waals surface area contributed by atoms with E-state index in [2.05, 4.69) is 14.9 Å². The molecule has 0 aliphatic carbocycles. The van der Waals surface area contributed by atoms with Gasteiger partial charge >= 0.3 is 0 Å². The summed E-state index contributed by atoms with van der Waals surface area (Å²) in [6.07, 6.45) is 3.23. The molecular formula is C25H26FN5O4S. The molecule has 2 fully saturated rings. The molecule has 2 saturated heterocycles. The highest BCUT2D eigenvalue weighted by atomic mass is 32.2. The Labute approximate surface area is 208 Å². The monoisotopic (exact) mass is 511 g/mol. The molecule has 3 aromatic rings. The summed E-state index contributed by atoms with van der Waals surface area (Å²) in [6, 6.07) is 10.9. The van der Waals surface area contributed by atoms with Gasteiger partial charge < -0.3 is 20.3 Å². The summed E-state index contributed by atoms with van der Waals surface area (Å²) in [5.74, 6) is -0.420. The number of nitrogens with zero attached hydrogens (tertiary/aromatic N) is 4. The summed E-state index contributed by atoms with van der Waals surface area (Å²) in [5.41, 5.74) is 8.40. The first-order valence-corrected chi connectivity index (χ1v) is 13.2. The number of carbonyl (C=O) groups excluding carboxylic acids is 1. The number of benzene rings is 2. The van der Waals surface area contributed by atoms with Gasteiger partial charge in [-0.05, 0) is 41.5 Å². The van der Waals surface area contributed by atoms with E-state index in [9.17, 15) is 17.6 Å². The molecule has 0 saturated carbocycles. The molecule has 9 nitrogen and oxygen atoms in total. The predicted octanol–water partition coefficient (Wildman–Crippen LogP) is 1.93. The van der Waals surface area contributed by atoms with E-state index >= 15 is 0 Å². The number of nitrogen functional groups attached to an aromatic ring is 1. The van der Waals surface area contributed by atoms with Crippen LogP contribution in [0.15, 0.2) is 59.8 Å². The van der Waals surface area contributed by atoms with Gasteiger partial charge in [-0.3, -0.25) is 4.79 Å². The second-order valence-electron chi connectivity index (χ2n) is 8.91. The lowest BCUT2D eigenvalue weighted by Crippen LogP contribution is -2.57. The standard InChI is InChI=1S/C25H26FN5O4S/c26-20-3-1-17(2-4-20)9-24(32)31-15-23(16-31)36(33,34)22-11-18(19-13-28-25(27)29-14-19)10-21(12-22)30-5-7-35-8-6-30/h1-4,10-14,23H,5-9,15-16H2,(H2,27,28,29). The van der Waals surface area contributed by atoms with Crippen molar-refractivity contribution in [1.29, 1.82) is 0 Å². The Kier molecular flexibility index (Phi) is 6.59. The van der Waals surface area contributed by atoms with Crippen molar-refractivity contribution in [2.75, 3.05) is 50.0 Å². The zero-order valence-corrected chi connectivity index (χ0v) is 20.3. The number of morpholine rings is 1. The van der Waals surface area contributed by atoms with Crippen LogP contribution >= 0.6 is 0 Å². The van der Waals surface area contributed by atoms with Crippen molar-refractivity contribution in [3.63, 3.8) is 0 Å². The van der Waals surface area contributed by atoms with Gasteiger partial charge in [0.2, 0.25) is 11.9 Å². The fourth-order valence-corrected chi connectivity index (χ4v) is 6.04. The molecule has 0 bridgehead atoms. The minimum absolute atomic E-state index is 0.0981. The largest absolute Gasteiger partial charge is 0.378 e. The fourth-order valence-electron chi connectivity index (χ4n) is 4.32. The average molecular weight is 512 g/mol. The van der Waals surface area contributed by atoms with E-state index < -0.39 is 15.1 Å². The first-order valence-electron chi connectivity index (χ1n) is 11.6. The summed E-state index contributed by atoms with van der Waals surface area (Å²) in [4.78, 5) is 24.5. The van der Waals surface area contributed by atoms with E-state index in [0.717, 1.165) is 5.69 Å². The number of hydrogen-bond donors (Lipinski definition) is 1. The zero-order chi connectivity index (χ0) is 25.3.